The second kappa shape index (κ2) is 11.7. The summed E-state index contributed by atoms with van der Waals surface area (Å²) < 4.78 is 0. The van der Waals surface area contributed by atoms with E-state index < -0.39 is 15.8 Å². The van der Waals surface area contributed by atoms with Crippen LogP contribution >= 0.6 is 15.8 Å². The van der Waals surface area contributed by atoms with Crippen molar-refractivity contribution in [1.29, 1.82) is 0 Å². The molecule has 0 N–H and O–H groups in total. The highest BCUT2D eigenvalue weighted by Crippen LogP contribution is 2.42. The maximum Gasteiger partial charge on any atom is 0.00110 e. The molecule has 182 valence electrons. The first-order valence-corrected chi connectivity index (χ1v) is 15.6. The van der Waals surface area contributed by atoms with E-state index in [2.05, 4.69) is 170 Å². The van der Waals surface area contributed by atoms with E-state index in [-0.39, 0.29) is 0 Å². The van der Waals surface area contributed by atoms with E-state index in [1.807, 2.05) is 0 Å². The van der Waals surface area contributed by atoms with Crippen molar-refractivity contribution in [3.8, 4) is 11.1 Å². The van der Waals surface area contributed by atoms with Crippen LogP contribution in [-0.4, -0.2) is 0 Å². The molecule has 0 saturated carbocycles. The first-order chi connectivity index (χ1) is 18.9. The quantitative estimate of drug-likeness (QED) is 0.201. The van der Waals surface area contributed by atoms with E-state index in [1.54, 1.807) is 0 Å². The van der Waals surface area contributed by atoms with Crippen molar-refractivity contribution in [2.24, 2.45) is 0 Å². The third kappa shape index (κ3) is 5.12. The lowest BCUT2D eigenvalue weighted by atomic mass is 10.1. The highest BCUT2D eigenvalue weighted by Gasteiger charge is 2.28. The van der Waals surface area contributed by atoms with Crippen LogP contribution in [0, 0.1) is 0 Å². The molecule has 0 radical (unpaired) electrons. The molecule has 0 heterocycles. The van der Waals surface area contributed by atoms with Gasteiger partial charge in [0.25, 0.3) is 0 Å². The molecule has 0 saturated heterocycles. The monoisotopic (exact) mass is 522 g/mol. The van der Waals surface area contributed by atoms with E-state index in [1.165, 1.54) is 43.0 Å². The summed E-state index contributed by atoms with van der Waals surface area (Å²) in [5.41, 5.74) is 2.58. The molecule has 0 nitrogen and oxygen atoms in total. The Morgan fingerprint density at radius 1 is 0.289 bits per heavy atom. The molecular weight excluding hydrogens is 494 g/mol. The van der Waals surface area contributed by atoms with Crippen molar-refractivity contribution in [2.45, 2.75) is 0 Å². The maximum absolute atomic E-state index is 2.38. The van der Waals surface area contributed by atoms with E-state index in [4.69, 9.17) is 0 Å². The molecule has 6 aromatic carbocycles. The second-order valence-electron chi connectivity index (χ2n) is 9.05. The highest BCUT2D eigenvalue weighted by atomic mass is 31.1. The number of benzene rings is 6. The summed E-state index contributed by atoms with van der Waals surface area (Å²) in [4.78, 5) is 0. The predicted octanol–water partition coefficient (Wildman–Crippen LogP) is 6.87. The van der Waals surface area contributed by atoms with Crippen LogP contribution in [0.15, 0.2) is 170 Å². The first kappa shape index (κ1) is 24.5. The summed E-state index contributed by atoms with van der Waals surface area (Å²) >= 11 is 0. The Labute approximate surface area is 228 Å². The zero-order chi connectivity index (χ0) is 25.6. The van der Waals surface area contributed by atoms with E-state index in [0.717, 1.165) is 0 Å². The minimum atomic E-state index is -0.808. The first-order valence-electron chi connectivity index (χ1n) is 12.9. The van der Waals surface area contributed by atoms with Gasteiger partial charge in [0.2, 0.25) is 0 Å². The molecule has 0 aliphatic rings. The minimum absolute atomic E-state index is 0.770. The van der Waals surface area contributed by atoms with Gasteiger partial charge in [-0.05, 0) is 53.5 Å². The van der Waals surface area contributed by atoms with Crippen LogP contribution < -0.4 is 31.8 Å². The summed E-state index contributed by atoms with van der Waals surface area (Å²) in [6, 6.07) is 62.1. The van der Waals surface area contributed by atoms with Crippen LogP contribution in [0.25, 0.3) is 11.1 Å². The standard InChI is InChI=1S/C36H28P2/c1-6-17-29(18-7-1)34-27-16-28-35(37(30-19-8-2-9-20-30)31-21-10-3-11-22-31)36(34)38(32-23-12-4-13-24-32)33-25-14-5-15-26-33/h1-28H. The molecular formula is C36H28P2. The van der Waals surface area contributed by atoms with Crippen molar-refractivity contribution in [2.75, 3.05) is 0 Å². The van der Waals surface area contributed by atoms with Gasteiger partial charge in [-0.15, -0.1) is 0 Å². The van der Waals surface area contributed by atoms with Gasteiger partial charge < -0.3 is 0 Å². The molecule has 0 atom stereocenters. The fourth-order valence-corrected chi connectivity index (χ4v) is 10.4. The lowest BCUT2D eigenvalue weighted by Crippen LogP contribution is -2.35. The van der Waals surface area contributed by atoms with Crippen LogP contribution in [0.4, 0.5) is 0 Å². The molecule has 38 heavy (non-hydrogen) atoms. The largest absolute Gasteiger partial charge is 0.0622 e. The molecule has 0 fully saturated rings. The molecule has 0 aromatic heterocycles. The van der Waals surface area contributed by atoms with Crippen molar-refractivity contribution < 1.29 is 0 Å². The minimum Gasteiger partial charge on any atom is -0.0622 e. The lowest BCUT2D eigenvalue weighted by Gasteiger charge is -2.29. The number of hydrogen-bond donors (Lipinski definition) is 0. The van der Waals surface area contributed by atoms with Crippen LogP contribution in [0.3, 0.4) is 0 Å². The Hall–Kier alpha value is -3.82. The van der Waals surface area contributed by atoms with Crippen molar-refractivity contribution >= 4 is 47.7 Å². The van der Waals surface area contributed by atoms with Gasteiger partial charge in [-0.3, -0.25) is 0 Å². The third-order valence-corrected chi connectivity index (χ3v) is 11.8. The Morgan fingerprint density at radius 2 is 0.658 bits per heavy atom. The van der Waals surface area contributed by atoms with Gasteiger partial charge in [0.05, 0.1) is 0 Å². The smallest absolute Gasteiger partial charge is 0.00110 e. The zero-order valence-corrected chi connectivity index (χ0v) is 22.8. The van der Waals surface area contributed by atoms with Crippen LogP contribution in [0.2, 0.25) is 0 Å². The van der Waals surface area contributed by atoms with Gasteiger partial charge >= 0.3 is 0 Å². The Bertz CT molecular complexity index is 1500. The molecule has 6 aromatic rings. The molecule has 0 aliphatic carbocycles. The number of hydrogen-bond acceptors (Lipinski definition) is 0. The molecule has 2 heteroatoms. The lowest BCUT2D eigenvalue weighted by molar-refractivity contribution is 1.66. The molecule has 6 rings (SSSR count). The van der Waals surface area contributed by atoms with Crippen LogP contribution in [0.1, 0.15) is 0 Å². The summed E-state index contributed by atoms with van der Waals surface area (Å²) in [5, 5.41) is 8.36. The van der Waals surface area contributed by atoms with Crippen molar-refractivity contribution in [3.05, 3.63) is 170 Å². The van der Waals surface area contributed by atoms with E-state index >= 15 is 0 Å². The molecule has 0 unspecified atom stereocenters. The maximum atomic E-state index is 2.38. The van der Waals surface area contributed by atoms with Gasteiger partial charge in [-0.25, -0.2) is 0 Å². The summed E-state index contributed by atoms with van der Waals surface area (Å²) in [6.07, 6.45) is 0. The van der Waals surface area contributed by atoms with E-state index in [9.17, 15) is 0 Å². The Morgan fingerprint density at radius 3 is 1.08 bits per heavy atom. The predicted molar refractivity (Wildman–Crippen MR) is 169 cm³/mol. The van der Waals surface area contributed by atoms with E-state index in [0.29, 0.717) is 0 Å². The molecule has 0 spiro atoms. The fraction of sp³-hybridized carbons (Fsp3) is 0. The summed E-state index contributed by atoms with van der Waals surface area (Å²) in [5.74, 6) is 0. The normalized spacial score (nSPS) is 11.1. The third-order valence-electron chi connectivity index (χ3n) is 6.62. The van der Waals surface area contributed by atoms with Crippen molar-refractivity contribution in [3.63, 3.8) is 0 Å². The van der Waals surface area contributed by atoms with Gasteiger partial charge in [0, 0.05) is 5.30 Å². The zero-order valence-electron chi connectivity index (χ0n) is 21.1. The van der Waals surface area contributed by atoms with Crippen LogP contribution in [0.5, 0.6) is 0 Å². The average molecular weight is 523 g/mol. The SMILES string of the molecule is c1ccc(-c2cccc(P(c3ccccc3)c3ccccc3)c2P(c2ccccc2)c2ccccc2)cc1. The Balaban J connectivity index is 1.70. The molecule has 0 bridgehead atoms. The van der Waals surface area contributed by atoms with Gasteiger partial charge in [-0.1, -0.05) is 170 Å². The topological polar surface area (TPSA) is 0 Å². The van der Waals surface area contributed by atoms with Crippen LogP contribution in [-0.2, 0) is 0 Å². The fourth-order valence-electron chi connectivity index (χ4n) is 4.94. The summed E-state index contributed by atoms with van der Waals surface area (Å²) in [7, 11) is -1.58. The Kier molecular flexibility index (Phi) is 7.55. The second-order valence-corrected chi connectivity index (χ2v) is 13.4. The highest BCUT2D eigenvalue weighted by molar-refractivity contribution is 7.85. The molecule has 0 amide bonds. The molecule has 0 aliphatic heterocycles. The average Bonchev–Trinajstić information content (AvgIpc) is 3.01. The van der Waals surface area contributed by atoms with Crippen molar-refractivity contribution in [1.82, 2.24) is 0 Å². The number of rotatable bonds is 7. The van der Waals surface area contributed by atoms with Gasteiger partial charge in [-0.2, -0.15) is 0 Å². The summed E-state index contributed by atoms with van der Waals surface area (Å²) in [6.45, 7) is 0. The van der Waals surface area contributed by atoms with Gasteiger partial charge in [0.1, 0.15) is 0 Å². The van der Waals surface area contributed by atoms with Gasteiger partial charge in [0.15, 0.2) is 0 Å².